The zero-order chi connectivity index (χ0) is 17.8. The highest BCUT2D eigenvalue weighted by atomic mass is 19.1. The zero-order valence-corrected chi connectivity index (χ0v) is 13.7. The van der Waals surface area contributed by atoms with Crippen LogP contribution in [0.5, 0.6) is 5.75 Å². The maximum Gasteiger partial charge on any atom is 0.167 e. The van der Waals surface area contributed by atoms with E-state index >= 15 is 0 Å². The number of nitrogen functional groups attached to an aromatic ring is 1. The monoisotopic (exact) mass is 342 g/mol. The molecule has 0 fully saturated rings. The first-order chi connectivity index (χ1) is 12.0. The minimum Gasteiger partial charge on any atom is -0.452 e. The van der Waals surface area contributed by atoms with Gasteiger partial charge in [-0.05, 0) is 18.2 Å². The maximum atomic E-state index is 14.0. The molecule has 25 heavy (non-hydrogen) atoms. The summed E-state index contributed by atoms with van der Waals surface area (Å²) in [5, 5.41) is 10.4. The summed E-state index contributed by atoms with van der Waals surface area (Å²) in [6.07, 6.45) is 8.79. The molecule has 1 aromatic carbocycles. The summed E-state index contributed by atoms with van der Waals surface area (Å²) in [4.78, 5) is 0. The molecular weight excluding hydrogens is 323 g/mol. The van der Waals surface area contributed by atoms with Crippen LogP contribution in [0.3, 0.4) is 0 Å². The van der Waals surface area contributed by atoms with Crippen LogP contribution in [0.1, 0.15) is 0 Å². The summed E-state index contributed by atoms with van der Waals surface area (Å²) >= 11 is 0. The van der Waals surface area contributed by atoms with E-state index in [9.17, 15) is 4.39 Å². The van der Waals surface area contributed by atoms with Crippen molar-refractivity contribution in [3.8, 4) is 5.75 Å². The Morgan fingerprint density at radius 2 is 2.28 bits per heavy atom. The average molecular weight is 342 g/mol. The summed E-state index contributed by atoms with van der Waals surface area (Å²) in [6, 6.07) is 4.27. The Kier molecular flexibility index (Phi) is 4.71. The minimum atomic E-state index is -0.538. The lowest BCUT2D eigenvalue weighted by atomic mass is 10.2. The number of nitrogens with zero attached hydrogens (tertiary/aromatic N) is 2. The van der Waals surface area contributed by atoms with E-state index < -0.39 is 5.82 Å². The smallest absolute Gasteiger partial charge is 0.167 e. The number of aromatic nitrogens is 2. The number of anilines is 2. The number of benzene rings is 1. The summed E-state index contributed by atoms with van der Waals surface area (Å²) < 4.78 is 21.4. The van der Waals surface area contributed by atoms with Crippen LogP contribution >= 0.6 is 0 Å². The predicted molar refractivity (Wildman–Crippen MR) is 94.7 cm³/mol. The number of hydrogen-bond donors (Lipinski definition) is 4. The van der Waals surface area contributed by atoms with Gasteiger partial charge in [0.15, 0.2) is 17.3 Å². The largest absolute Gasteiger partial charge is 0.452 e. The number of aryl methyl sites for hydroxylation is 1. The molecule has 2 aromatic rings. The molecule has 0 saturated heterocycles. The van der Waals surface area contributed by atoms with Crippen molar-refractivity contribution < 1.29 is 9.13 Å². The van der Waals surface area contributed by atoms with E-state index in [2.05, 4.69) is 15.7 Å². The highest BCUT2D eigenvalue weighted by Gasteiger charge is 2.15. The van der Waals surface area contributed by atoms with Crippen LogP contribution in [0.4, 0.5) is 15.8 Å². The highest BCUT2D eigenvalue weighted by Crippen LogP contribution is 2.26. The summed E-state index contributed by atoms with van der Waals surface area (Å²) in [6.45, 7) is 0.312. The fourth-order valence-electron chi connectivity index (χ4n) is 2.29. The topological polar surface area (TPSA) is 103 Å². The van der Waals surface area contributed by atoms with Crippen LogP contribution in [-0.4, -0.2) is 16.3 Å². The third-order valence-corrected chi connectivity index (χ3v) is 3.43. The molecule has 0 spiro atoms. The Hall–Kier alpha value is -3.26. The molecule has 3 rings (SSSR count). The molecule has 1 aliphatic heterocycles. The van der Waals surface area contributed by atoms with Gasteiger partial charge in [-0.1, -0.05) is 0 Å². The van der Waals surface area contributed by atoms with Gasteiger partial charge in [-0.25, -0.2) is 4.39 Å². The molecule has 0 amide bonds. The van der Waals surface area contributed by atoms with Crippen molar-refractivity contribution in [1.82, 2.24) is 15.1 Å². The number of hydrogen-bond acceptors (Lipinski definition) is 6. The van der Waals surface area contributed by atoms with Crippen LogP contribution in [0, 0.1) is 5.82 Å². The lowest BCUT2D eigenvalue weighted by Crippen LogP contribution is -2.20. The Bertz CT molecular complexity index is 868. The van der Waals surface area contributed by atoms with E-state index in [1.165, 1.54) is 12.1 Å². The van der Waals surface area contributed by atoms with Gasteiger partial charge in [0, 0.05) is 43.8 Å². The molecule has 7 nitrogen and oxygen atoms in total. The predicted octanol–water partition coefficient (Wildman–Crippen LogP) is 1.80. The first-order valence-electron chi connectivity index (χ1n) is 7.62. The Morgan fingerprint density at radius 3 is 2.96 bits per heavy atom. The molecule has 1 aliphatic rings. The molecule has 1 aromatic heterocycles. The van der Waals surface area contributed by atoms with Gasteiger partial charge in [-0.15, -0.1) is 0 Å². The van der Waals surface area contributed by atoms with Gasteiger partial charge in [-0.3, -0.25) is 4.68 Å². The quantitative estimate of drug-likeness (QED) is 0.618. The van der Waals surface area contributed by atoms with Gasteiger partial charge in [0.25, 0.3) is 0 Å². The Morgan fingerprint density at radius 1 is 1.44 bits per heavy atom. The number of rotatable bonds is 5. The van der Waals surface area contributed by atoms with Gasteiger partial charge < -0.3 is 26.8 Å². The normalized spacial score (nSPS) is 15.4. The SMILES string of the molecule is Cn1cc(NC2=CNC(=CCN)C(Oc3ccc(N)cc3F)=C2)cn1. The number of nitrogens with two attached hydrogens (primary N) is 2. The second-order valence-electron chi connectivity index (χ2n) is 5.43. The van der Waals surface area contributed by atoms with Crippen LogP contribution < -0.4 is 26.8 Å². The zero-order valence-electron chi connectivity index (χ0n) is 13.7. The van der Waals surface area contributed by atoms with Crippen molar-refractivity contribution >= 4 is 11.4 Å². The number of ether oxygens (including phenoxy) is 1. The Labute approximate surface area is 144 Å². The van der Waals surface area contributed by atoms with Crippen molar-refractivity contribution in [2.45, 2.75) is 0 Å². The lowest BCUT2D eigenvalue weighted by Gasteiger charge is -2.20. The van der Waals surface area contributed by atoms with Gasteiger partial charge in [0.05, 0.1) is 23.3 Å². The van der Waals surface area contributed by atoms with Gasteiger partial charge >= 0.3 is 0 Å². The summed E-state index contributed by atoms with van der Waals surface area (Å²) in [5.41, 5.74) is 13.7. The average Bonchev–Trinajstić information content (AvgIpc) is 2.97. The Balaban J connectivity index is 1.85. The fraction of sp³-hybridized carbons (Fsp3) is 0.118. The molecular formula is C17H19FN6O. The highest BCUT2D eigenvalue weighted by molar-refractivity contribution is 5.52. The summed E-state index contributed by atoms with van der Waals surface area (Å²) in [7, 11) is 1.83. The van der Waals surface area contributed by atoms with Crippen molar-refractivity contribution in [2.24, 2.45) is 12.8 Å². The number of dihydropyridines is 1. The molecule has 0 atom stereocenters. The van der Waals surface area contributed by atoms with Gasteiger partial charge in [0.1, 0.15) is 0 Å². The first-order valence-corrected chi connectivity index (χ1v) is 7.62. The van der Waals surface area contributed by atoms with E-state index in [-0.39, 0.29) is 5.75 Å². The molecule has 8 heteroatoms. The van der Waals surface area contributed by atoms with Crippen LogP contribution in [-0.2, 0) is 7.05 Å². The van der Waals surface area contributed by atoms with Gasteiger partial charge in [0.2, 0.25) is 0 Å². The van der Waals surface area contributed by atoms with Crippen molar-refractivity contribution in [3.05, 3.63) is 71.9 Å². The van der Waals surface area contributed by atoms with Crippen molar-refractivity contribution in [2.75, 3.05) is 17.6 Å². The number of halogens is 1. The van der Waals surface area contributed by atoms with E-state index in [1.54, 1.807) is 35.3 Å². The number of allylic oxidation sites excluding steroid dienone is 1. The second-order valence-corrected chi connectivity index (χ2v) is 5.43. The minimum absolute atomic E-state index is 0.0767. The standard InChI is InChI=1S/C17H19FN6O/c1-24-10-13(9-22-24)23-12-7-17(15(4-5-19)21-8-12)25-16-3-2-11(20)6-14(16)18/h2-4,6-10,21,23H,5,19-20H2,1H3. The number of nitrogens with one attached hydrogen (secondary N) is 2. The molecule has 0 aliphatic carbocycles. The molecule has 0 saturated carbocycles. The van der Waals surface area contributed by atoms with Crippen molar-refractivity contribution in [3.63, 3.8) is 0 Å². The molecule has 0 unspecified atom stereocenters. The van der Waals surface area contributed by atoms with E-state index in [0.29, 0.717) is 23.7 Å². The lowest BCUT2D eigenvalue weighted by molar-refractivity contribution is 0.399. The molecule has 0 radical (unpaired) electrons. The second kappa shape index (κ2) is 7.10. The maximum absolute atomic E-state index is 14.0. The van der Waals surface area contributed by atoms with Gasteiger partial charge in [-0.2, -0.15) is 5.10 Å². The van der Waals surface area contributed by atoms with Crippen LogP contribution in [0.2, 0.25) is 0 Å². The third-order valence-electron chi connectivity index (χ3n) is 3.43. The molecule has 130 valence electrons. The first kappa shape index (κ1) is 16.6. The van der Waals surface area contributed by atoms with E-state index in [1.807, 2.05) is 13.2 Å². The third kappa shape index (κ3) is 3.99. The summed E-state index contributed by atoms with van der Waals surface area (Å²) in [5.74, 6) is -0.0277. The van der Waals surface area contributed by atoms with E-state index in [0.717, 1.165) is 11.4 Å². The van der Waals surface area contributed by atoms with Crippen LogP contribution in [0.25, 0.3) is 0 Å². The van der Waals surface area contributed by atoms with Crippen LogP contribution in [0.15, 0.2) is 66.1 Å². The van der Waals surface area contributed by atoms with E-state index in [4.69, 9.17) is 16.2 Å². The van der Waals surface area contributed by atoms with Crippen molar-refractivity contribution in [1.29, 1.82) is 0 Å². The molecule has 2 heterocycles. The molecule has 6 N–H and O–H groups in total. The molecule has 0 bridgehead atoms. The fourth-order valence-corrected chi connectivity index (χ4v) is 2.29.